The molecule has 1 aromatic heterocycles. The Morgan fingerprint density at radius 1 is 1.39 bits per heavy atom. The maximum atomic E-state index is 11.6. The van der Waals surface area contributed by atoms with Crippen LogP contribution in [0.4, 0.5) is 10.6 Å². The number of nitrogen functional groups attached to an aromatic ring is 1. The van der Waals surface area contributed by atoms with Gasteiger partial charge in [0.05, 0.1) is 0 Å². The lowest BCUT2D eigenvalue weighted by atomic mass is 10.2. The summed E-state index contributed by atoms with van der Waals surface area (Å²) in [7, 11) is 0. The first kappa shape index (κ1) is 19.0. The summed E-state index contributed by atoms with van der Waals surface area (Å²) >= 11 is 0. The fourth-order valence-corrected chi connectivity index (χ4v) is 1.87. The normalized spacial score (nSPS) is 11.3. The molecule has 0 atom stereocenters. The van der Waals surface area contributed by atoms with E-state index in [2.05, 4.69) is 22.1 Å². The molecule has 7 nitrogen and oxygen atoms in total. The van der Waals surface area contributed by atoms with E-state index in [-0.39, 0.29) is 0 Å². The molecule has 0 aliphatic carbocycles. The maximum absolute atomic E-state index is 11.6. The lowest BCUT2D eigenvalue weighted by Gasteiger charge is -2.22. The first-order valence-electron chi connectivity index (χ1n) is 7.84. The SMILES string of the molecule is CCN(CCNC(=O)OC(C)(C)C)CCOc1cccnc1N. The summed E-state index contributed by atoms with van der Waals surface area (Å²) in [4.78, 5) is 17.7. The highest BCUT2D eigenvalue weighted by molar-refractivity contribution is 5.67. The second kappa shape index (κ2) is 9.19. The van der Waals surface area contributed by atoms with Crippen molar-refractivity contribution in [3.05, 3.63) is 18.3 Å². The van der Waals surface area contributed by atoms with Gasteiger partial charge in [0.15, 0.2) is 11.6 Å². The largest absolute Gasteiger partial charge is 0.488 e. The van der Waals surface area contributed by atoms with Crippen molar-refractivity contribution >= 4 is 11.9 Å². The molecule has 0 aromatic carbocycles. The van der Waals surface area contributed by atoms with Gasteiger partial charge in [0, 0.05) is 25.8 Å². The van der Waals surface area contributed by atoms with Gasteiger partial charge in [0.1, 0.15) is 12.2 Å². The van der Waals surface area contributed by atoms with Crippen LogP contribution in [0.25, 0.3) is 0 Å². The number of aromatic nitrogens is 1. The van der Waals surface area contributed by atoms with E-state index in [4.69, 9.17) is 15.2 Å². The molecule has 1 rings (SSSR count). The minimum atomic E-state index is -0.480. The van der Waals surface area contributed by atoms with Crippen molar-refractivity contribution in [1.29, 1.82) is 0 Å². The molecular formula is C16H28N4O3. The Bertz CT molecular complexity index is 488. The molecule has 0 bridgehead atoms. The molecule has 1 heterocycles. The summed E-state index contributed by atoms with van der Waals surface area (Å²) in [6, 6.07) is 3.58. The van der Waals surface area contributed by atoms with Crippen LogP contribution >= 0.6 is 0 Å². The summed E-state index contributed by atoms with van der Waals surface area (Å²) in [5, 5.41) is 2.75. The molecule has 0 saturated carbocycles. The Kier molecular flexibility index (Phi) is 7.61. The Balaban J connectivity index is 2.24. The van der Waals surface area contributed by atoms with Crippen LogP contribution in [-0.4, -0.2) is 54.4 Å². The van der Waals surface area contributed by atoms with Gasteiger partial charge in [-0.05, 0) is 39.4 Å². The van der Waals surface area contributed by atoms with Crippen molar-refractivity contribution < 1.29 is 14.3 Å². The zero-order valence-electron chi connectivity index (χ0n) is 14.5. The van der Waals surface area contributed by atoms with Gasteiger partial charge in [-0.25, -0.2) is 9.78 Å². The molecule has 0 fully saturated rings. The number of rotatable bonds is 8. The third-order valence-corrected chi connectivity index (χ3v) is 3.01. The van der Waals surface area contributed by atoms with Crippen LogP contribution in [0.1, 0.15) is 27.7 Å². The molecule has 1 aromatic rings. The minimum Gasteiger partial charge on any atom is -0.488 e. The molecule has 23 heavy (non-hydrogen) atoms. The molecule has 0 radical (unpaired) electrons. The quantitative estimate of drug-likeness (QED) is 0.759. The van der Waals surface area contributed by atoms with Gasteiger partial charge in [-0.2, -0.15) is 0 Å². The number of nitrogens with zero attached hydrogens (tertiary/aromatic N) is 2. The van der Waals surface area contributed by atoms with Crippen LogP contribution in [0.15, 0.2) is 18.3 Å². The number of pyridine rings is 1. The third kappa shape index (κ3) is 8.25. The number of ether oxygens (including phenoxy) is 2. The van der Waals surface area contributed by atoms with Crippen molar-refractivity contribution in [2.75, 3.05) is 38.5 Å². The molecule has 0 saturated heterocycles. The van der Waals surface area contributed by atoms with Crippen molar-refractivity contribution in [2.45, 2.75) is 33.3 Å². The second-order valence-corrected chi connectivity index (χ2v) is 6.10. The Hall–Kier alpha value is -2.02. The lowest BCUT2D eigenvalue weighted by Crippen LogP contribution is -2.39. The average Bonchev–Trinajstić information content (AvgIpc) is 2.45. The molecule has 0 aliphatic rings. The molecule has 1 amide bonds. The first-order chi connectivity index (χ1) is 10.8. The van der Waals surface area contributed by atoms with Gasteiger partial charge in [-0.3, -0.25) is 4.90 Å². The van der Waals surface area contributed by atoms with Crippen molar-refractivity contribution in [3.8, 4) is 5.75 Å². The smallest absolute Gasteiger partial charge is 0.407 e. The predicted molar refractivity (Wildman–Crippen MR) is 90.5 cm³/mol. The van der Waals surface area contributed by atoms with Crippen molar-refractivity contribution in [1.82, 2.24) is 15.2 Å². The van der Waals surface area contributed by atoms with Crippen LogP contribution in [0.2, 0.25) is 0 Å². The number of anilines is 1. The fourth-order valence-electron chi connectivity index (χ4n) is 1.87. The lowest BCUT2D eigenvalue weighted by molar-refractivity contribution is 0.0521. The molecule has 7 heteroatoms. The summed E-state index contributed by atoms with van der Waals surface area (Å²) in [6.45, 7) is 10.9. The Morgan fingerprint density at radius 3 is 2.74 bits per heavy atom. The van der Waals surface area contributed by atoms with Crippen LogP contribution < -0.4 is 15.8 Å². The van der Waals surface area contributed by atoms with E-state index in [0.29, 0.717) is 24.7 Å². The zero-order valence-corrected chi connectivity index (χ0v) is 14.5. The fraction of sp³-hybridized carbons (Fsp3) is 0.625. The predicted octanol–water partition coefficient (Wildman–Crippen LogP) is 1.89. The summed E-state index contributed by atoms with van der Waals surface area (Å²) in [6.07, 6.45) is 1.23. The van der Waals surface area contributed by atoms with E-state index >= 15 is 0 Å². The van der Waals surface area contributed by atoms with Crippen LogP contribution in [0, 0.1) is 0 Å². The highest BCUT2D eigenvalue weighted by atomic mass is 16.6. The molecular weight excluding hydrogens is 296 g/mol. The topological polar surface area (TPSA) is 89.7 Å². The van der Waals surface area contributed by atoms with E-state index in [1.54, 1.807) is 18.3 Å². The number of hydrogen-bond acceptors (Lipinski definition) is 6. The molecule has 0 aliphatic heterocycles. The third-order valence-electron chi connectivity index (χ3n) is 3.01. The molecule has 3 N–H and O–H groups in total. The van der Waals surface area contributed by atoms with Gasteiger partial charge in [0.25, 0.3) is 0 Å². The standard InChI is InChI=1S/C16H28N4O3/c1-5-20(10-9-19-15(21)23-16(2,3)4)11-12-22-13-7-6-8-18-14(13)17/h6-8H,5,9-12H2,1-4H3,(H2,17,18)(H,19,21). The van der Waals surface area contributed by atoms with Gasteiger partial charge >= 0.3 is 6.09 Å². The first-order valence-corrected chi connectivity index (χ1v) is 7.84. The van der Waals surface area contributed by atoms with E-state index in [0.717, 1.165) is 19.6 Å². The summed E-state index contributed by atoms with van der Waals surface area (Å²) in [5.41, 5.74) is 5.24. The minimum absolute atomic E-state index is 0.391. The molecule has 0 unspecified atom stereocenters. The van der Waals surface area contributed by atoms with Gasteiger partial charge < -0.3 is 20.5 Å². The maximum Gasteiger partial charge on any atom is 0.407 e. The van der Waals surface area contributed by atoms with Gasteiger partial charge in [-0.15, -0.1) is 0 Å². The summed E-state index contributed by atoms with van der Waals surface area (Å²) in [5.74, 6) is 0.984. The molecule has 0 spiro atoms. The second-order valence-electron chi connectivity index (χ2n) is 6.10. The number of alkyl carbamates (subject to hydrolysis) is 1. The Morgan fingerprint density at radius 2 is 2.13 bits per heavy atom. The van der Waals surface area contributed by atoms with E-state index in [1.807, 2.05) is 20.8 Å². The van der Waals surface area contributed by atoms with Crippen molar-refractivity contribution in [3.63, 3.8) is 0 Å². The average molecular weight is 324 g/mol. The number of nitrogens with one attached hydrogen (secondary N) is 1. The number of carbonyl (C=O) groups excluding carboxylic acids is 1. The van der Waals surface area contributed by atoms with E-state index in [1.165, 1.54) is 0 Å². The number of amides is 1. The van der Waals surface area contributed by atoms with Crippen LogP contribution in [0.5, 0.6) is 5.75 Å². The monoisotopic (exact) mass is 324 g/mol. The number of hydrogen-bond donors (Lipinski definition) is 2. The zero-order chi connectivity index (χ0) is 17.3. The summed E-state index contributed by atoms with van der Waals surface area (Å²) < 4.78 is 10.8. The van der Waals surface area contributed by atoms with Crippen molar-refractivity contribution in [2.24, 2.45) is 0 Å². The molecule has 130 valence electrons. The number of nitrogens with two attached hydrogens (primary N) is 1. The van der Waals surface area contributed by atoms with E-state index < -0.39 is 11.7 Å². The van der Waals surface area contributed by atoms with Gasteiger partial charge in [0.2, 0.25) is 0 Å². The number of carbonyl (C=O) groups is 1. The van der Waals surface area contributed by atoms with Crippen LogP contribution in [0.3, 0.4) is 0 Å². The highest BCUT2D eigenvalue weighted by Gasteiger charge is 2.15. The van der Waals surface area contributed by atoms with E-state index in [9.17, 15) is 4.79 Å². The Labute approximate surface area is 138 Å². The van der Waals surface area contributed by atoms with Gasteiger partial charge in [-0.1, -0.05) is 6.92 Å². The number of likely N-dealkylation sites (N-methyl/N-ethyl adjacent to an activating group) is 1. The highest BCUT2D eigenvalue weighted by Crippen LogP contribution is 2.16. The van der Waals surface area contributed by atoms with Crippen LogP contribution in [-0.2, 0) is 4.74 Å².